The Morgan fingerprint density at radius 1 is 1.50 bits per heavy atom. The Kier molecular flexibility index (Phi) is 5.29. The van der Waals surface area contributed by atoms with Gasteiger partial charge in [-0.2, -0.15) is 0 Å². The number of nitrogens with two attached hydrogens (primary N) is 1. The summed E-state index contributed by atoms with van der Waals surface area (Å²) in [6.45, 7) is 2.08. The standard InChI is InChI=1S/C9H18F2N2O/c10-9(11)7-13(4-3-12)6-8-2-1-5-14-8/h8-9H,1-7,12H2. The molecule has 1 fully saturated rings. The highest BCUT2D eigenvalue weighted by Gasteiger charge is 2.20. The van der Waals surface area contributed by atoms with Gasteiger partial charge in [-0.3, -0.25) is 4.90 Å². The van der Waals surface area contributed by atoms with E-state index in [1.165, 1.54) is 0 Å². The van der Waals surface area contributed by atoms with Gasteiger partial charge in [0.1, 0.15) is 0 Å². The van der Waals surface area contributed by atoms with Crippen molar-refractivity contribution >= 4 is 0 Å². The smallest absolute Gasteiger partial charge is 0.251 e. The molecule has 1 saturated heterocycles. The van der Waals surface area contributed by atoms with Crippen LogP contribution in [0, 0.1) is 0 Å². The van der Waals surface area contributed by atoms with Gasteiger partial charge in [-0.25, -0.2) is 8.78 Å². The van der Waals surface area contributed by atoms with Gasteiger partial charge >= 0.3 is 0 Å². The predicted octanol–water partition coefficient (Wildman–Crippen LogP) is 0.691. The summed E-state index contributed by atoms with van der Waals surface area (Å²) in [5, 5.41) is 0. The van der Waals surface area contributed by atoms with Crippen molar-refractivity contribution in [2.75, 3.05) is 32.8 Å². The lowest BCUT2D eigenvalue weighted by atomic mass is 10.2. The summed E-state index contributed by atoms with van der Waals surface area (Å²) in [4.78, 5) is 1.68. The molecule has 0 spiro atoms. The number of rotatable bonds is 6. The molecule has 0 aromatic carbocycles. The summed E-state index contributed by atoms with van der Waals surface area (Å²) in [5.41, 5.74) is 5.35. The predicted molar refractivity (Wildman–Crippen MR) is 50.5 cm³/mol. The zero-order valence-electron chi connectivity index (χ0n) is 8.29. The summed E-state index contributed by atoms with van der Waals surface area (Å²) in [6.07, 6.45) is -0.150. The average molecular weight is 208 g/mol. The van der Waals surface area contributed by atoms with Crippen LogP contribution in [-0.4, -0.2) is 50.2 Å². The van der Waals surface area contributed by atoms with Crippen LogP contribution < -0.4 is 5.73 Å². The van der Waals surface area contributed by atoms with Gasteiger partial charge < -0.3 is 10.5 Å². The molecule has 1 aliphatic heterocycles. The number of nitrogens with zero attached hydrogens (tertiary/aromatic N) is 1. The fourth-order valence-corrected chi connectivity index (χ4v) is 1.71. The first-order valence-electron chi connectivity index (χ1n) is 5.04. The SMILES string of the molecule is NCCN(CC(F)F)CC1CCCO1. The second-order valence-corrected chi connectivity index (χ2v) is 3.57. The molecular weight excluding hydrogens is 190 g/mol. The highest BCUT2D eigenvalue weighted by atomic mass is 19.3. The molecule has 1 aliphatic rings. The van der Waals surface area contributed by atoms with Crippen LogP contribution in [0.5, 0.6) is 0 Å². The molecule has 0 saturated carbocycles. The summed E-state index contributed by atoms with van der Waals surface area (Å²) < 4.78 is 29.7. The largest absolute Gasteiger partial charge is 0.377 e. The van der Waals surface area contributed by atoms with Crippen molar-refractivity contribution in [2.45, 2.75) is 25.4 Å². The van der Waals surface area contributed by atoms with Crippen LogP contribution in [0.3, 0.4) is 0 Å². The number of ether oxygens (including phenoxy) is 1. The first-order valence-corrected chi connectivity index (χ1v) is 5.04. The molecule has 84 valence electrons. The molecule has 0 amide bonds. The van der Waals surface area contributed by atoms with Gasteiger partial charge in [-0.05, 0) is 12.8 Å². The molecule has 0 aliphatic carbocycles. The molecule has 0 bridgehead atoms. The second kappa shape index (κ2) is 6.27. The molecule has 2 N–H and O–H groups in total. The number of hydrogen-bond acceptors (Lipinski definition) is 3. The van der Waals surface area contributed by atoms with Gasteiger partial charge in [-0.1, -0.05) is 0 Å². The minimum atomic E-state index is -2.29. The first-order chi connectivity index (χ1) is 6.72. The number of halogens is 2. The third-order valence-electron chi connectivity index (χ3n) is 2.33. The Morgan fingerprint density at radius 3 is 2.79 bits per heavy atom. The summed E-state index contributed by atoms with van der Waals surface area (Å²) in [5.74, 6) is 0. The van der Waals surface area contributed by atoms with E-state index in [1.54, 1.807) is 4.90 Å². The maximum absolute atomic E-state index is 12.2. The Labute approximate surface area is 83.2 Å². The highest BCUT2D eigenvalue weighted by Crippen LogP contribution is 2.13. The third kappa shape index (κ3) is 4.30. The first kappa shape index (κ1) is 11.8. The van der Waals surface area contributed by atoms with E-state index >= 15 is 0 Å². The zero-order valence-corrected chi connectivity index (χ0v) is 8.29. The molecular formula is C9H18F2N2O. The lowest BCUT2D eigenvalue weighted by molar-refractivity contribution is 0.0413. The minimum Gasteiger partial charge on any atom is -0.377 e. The van der Waals surface area contributed by atoms with Crippen LogP contribution in [0.4, 0.5) is 8.78 Å². The maximum atomic E-state index is 12.2. The van der Waals surface area contributed by atoms with Gasteiger partial charge in [0.15, 0.2) is 0 Å². The fraction of sp³-hybridized carbons (Fsp3) is 1.00. The molecule has 14 heavy (non-hydrogen) atoms. The van der Waals surface area contributed by atoms with Gasteiger partial charge in [0.2, 0.25) is 0 Å². The van der Waals surface area contributed by atoms with Gasteiger partial charge in [0.05, 0.1) is 12.6 Å². The monoisotopic (exact) mass is 208 g/mol. The Balaban J connectivity index is 2.25. The van der Waals surface area contributed by atoms with Crippen molar-refractivity contribution in [2.24, 2.45) is 5.73 Å². The van der Waals surface area contributed by atoms with Crippen LogP contribution in [0.15, 0.2) is 0 Å². The van der Waals surface area contributed by atoms with Crippen LogP contribution in [0.25, 0.3) is 0 Å². The van der Waals surface area contributed by atoms with E-state index in [-0.39, 0.29) is 12.6 Å². The van der Waals surface area contributed by atoms with Crippen molar-refractivity contribution in [1.82, 2.24) is 4.90 Å². The van der Waals surface area contributed by atoms with Crippen molar-refractivity contribution in [1.29, 1.82) is 0 Å². The van der Waals surface area contributed by atoms with Crippen molar-refractivity contribution < 1.29 is 13.5 Å². The molecule has 0 radical (unpaired) electrons. The highest BCUT2D eigenvalue weighted by molar-refractivity contribution is 4.71. The molecule has 0 aromatic heterocycles. The van der Waals surface area contributed by atoms with Crippen molar-refractivity contribution in [3.63, 3.8) is 0 Å². The van der Waals surface area contributed by atoms with E-state index in [9.17, 15) is 8.78 Å². The Hall–Kier alpha value is -0.260. The van der Waals surface area contributed by atoms with E-state index in [2.05, 4.69) is 0 Å². The second-order valence-electron chi connectivity index (χ2n) is 3.57. The molecule has 1 heterocycles. The third-order valence-corrected chi connectivity index (χ3v) is 2.33. The van der Waals surface area contributed by atoms with E-state index in [1.807, 2.05) is 0 Å². The maximum Gasteiger partial charge on any atom is 0.251 e. The van der Waals surface area contributed by atoms with E-state index in [4.69, 9.17) is 10.5 Å². The van der Waals surface area contributed by atoms with Crippen molar-refractivity contribution in [3.05, 3.63) is 0 Å². The van der Waals surface area contributed by atoms with Crippen LogP contribution >= 0.6 is 0 Å². The van der Waals surface area contributed by atoms with Gasteiger partial charge in [0.25, 0.3) is 6.43 Å². The number of alkyl halides is 2. The van der Waals surface area contributed by atoms with Gasteiger partial charge in [-0.15, -0.1) is 0 Å². The van der Waals surface area contributed by atoms with Crippen LogP contribution in [-0.2, 0) is 4.74 Å². The normalized spacial score (nSPS) is 22.5. The summed E-state index contributed by atoms with van der Waals surface area (Å²) in [6, 6.07) is 0. The molecule has 0 aromatic rings. The van der Waals surface area contributed by atoms with Gasteiger partial charge in [0, 0.05) is 26.2 Å². The topological polar surface area (TPSA) is 38.5 Å². The number of hydrogen-bond donors (Lipinski definition) is 1. The molecule has 5 heteroatoms. The molecule has 1 rings (SSSR count). The van der Waals surface area contributed by atoms with Crippen LogP contribution in [0.1, 0.15) is 12.8 Å². The van der Waals surface area contributed by atoms with Crippen LogP contribution in [0.2, 0.25) is 0 Å². The summed E-state index contributed by atoms with van der Waals surface area (Å²) >= 11 is 0. The van der Waals surface area contributed by atoms with E-state index < -0.39 is 6.43 Å². The molecule has 1 atom stereocenters. The minimum absolute atomic E-state index is 0.125. The lowest BCUT2D eigenvalue weighted by Gasteiger charge is -2.23. The average Bonchev–Trinajstić information content (AvgIpc) is 2.56. The zero-order chi connectivity index (χ0) is 10.4. The fourth-order valence-electron chi connectivity index (χ4n) is 1.71. The summed E-state index contributed by atoms with van der Waals surface area (Å²) in [7, 11) is 0. The molecule has 1 unspecified atom stereocenters. The molecule has 3 nitrogen and oxygen atoms in total. The van der Waals surface area contributed by atoms with Crippen molar-refractivity contribution in [3.8, 4) is 0 Å². The quantitative estimate of drug-likeness (QED) is 0.698. The van der Waals surface area contributed by atoms with E-state index in [0.29, 0.717) is 19.6 Å². The van der Waals surface area contributed by atoms with E-state index in [0.717, 1.165) is 19.4 Å². The lowest BCUT2D eigenvalue weighted by Crippen LogP contribution is -2.38. The Bertz CT molecular complexity index is 152. The Morgan fingerprint density at radius 2 is 2.29 bits per heavy atom.